The number of aryl methyl sites for hydroxylation is 2. The highest BCUT2D eigenvalue weighted by Crippen LogP contribution is 2.22. The van der Waals surface area contributed by atoms with Crippen LogP contribution in [-0.4, -0.2) is 15.9 Å². The normalized spacial score (nSPS) is 10.4. The van der Waals surface area contributed by atoms with Crippen molar-refractivity contribution in [2.75, 3.05) is 5.32 Å². The molecule has 1 aromatic heterocycles. The van der Waals surface area contributed by atoms with Crippen LogP contribution in [0.1, 0.15) is 27.2 Å². The molecular weight excluding hydrogens is 348 g/mol. The van der Waals surface area contributed by atoms with Gasteiger partial charge in [0.2, 0.25) is 5.95 Å². The summed E-state index contributed by atoms with van der Waals surface area (Å²) in [6.07, 6.45) is 1.56. The number of nitrogens with one attached hydrogen (secondary N) is 2. The Bertz CT molecular complexity index is 922. The van der Waals surface area contributed by atoms with Gasteiger partial charge in [-0.15, -0.1) is 0 Å². The summed E-state index contributed by atoms with van der Waals surface area (Å²) in [5.41, 5.74) is 4.26. The summed E-state index contributed by atoms with van der Waals surface area (Å²) in [6, 6.07) is 15.0. The minimum Gasteiger partial charge on any atom is -0.347 e. The summed E-state index contributed by atoms with van der Waals surface area (Å²) in [5, 5.41) is 6.64. The van der Waals surface area contributed by atoms with E-state index in [1.807, 2.05) is 50.2 Å². The van der Waals surface area contributed by atoms with Crippen LogP contribution < -0.4 is 10.6 Å². The molecule has 0 aliphatic carbocycles. The fraction of sp³-hybridized carbons (Fsp3) is 0.150. The van der Waals surface area contributed by atoms with Gasteiger partial charge in [-0.25, -0.2) is 9.97 Å². The van der Waals surface area contributed by atoms with Gasteiger partial charge in [-0.2, -0.15) is 0 Å². The second-order valence-electron chi connectivity index (χ2n) is 5.93. The standard InChI is InChI=1S/C20H19ClN4O/c1-13-6-5-7-14(2)18(13)25-20-22-11-10-17(24-20)19(26)23-12-15-8-3-4-9-16(15)21/h3-11H,12H2,1-2H3,(H,23,26)(H,22,24,25). The van der Waals surface area contributed by atoms with Crippen molar-refractivity contribution >= 4 is 29.1 Å². The first kappa shape index (κ1) is 17.9. The molecule has 0 saturated carbocycles. The van der Waals surface area contributed by atoms with Crippen molar-refractivity contribution in [3.63, 3.8) is 0 Å². The number of anilines is 2. The second kappa shape index (κ2) is 7.97. The molecule has 6 heteroatoms. The summed E-state index contributed by atoms with van der Waals surface area (Å²) in [5.74, 6) is 0.102. The van der Waals surface area contributed by atoms with Gasteiger partial charge in [0.15, 0.2) is 0 Å². The summed E-state index contributed by atoms with van der Waals surface area (Å²) in [6.45, 7) is 4.35. The molecule has 3 aromatic rings. The van der Waals surface area contributed by atoms with E-state index in [0.29, 0.717) is 23.2 Å². The van der Waals surface area contributed by atoms with Gasteiger partial charge in [-0.1, -0.05) is 48.0 Å². The molecule has 5 nitrogen and oxygen atoms in total. The van der Waals surface area contributed by atoms with E-state index in [9.17, 15) is 4.79 Å². The second-order valence-corrected chi connectivity index (χ2v) is 6.34. The van der Waals surface area contributed by atoms with Crippen molar-refractivity contribution in [3.8, 4) is 0 Å². The van der Waals surface area contributed by atoms with E-state index in [2.05, 4.69) is 20.6 Å². The SMILES string of the molecule is Cc1cccc(C)c1Nc1nccc(C(=O)NCc2ccccc2Cl)n1. The van der Waals surface area contributed by atoms with E-state index in [0.717, 1.165) is 22.4 Å². The monoisotopic (exact) mass is 366 g/mol. The van der Waals surface area contributed by atoms with Crippen molar-refractivity contribution < 1.29 is 4.79 Å². The third-order valence-electron chi connectivity index (χ3n) is 4.00. The smallest absolute Gasteiger partial charge is 0.270 e. The Morgan fingerprint density at radius 2 is 1.77 bits per heavy atom. The van der Waals surface area contributed by atoms with E-state index in [1.165, 1.54) is 0 Å². The Balaban J connectivity index is 1.72. The van der Waals surface area contributed by atoms with E-state index < -0.39 is 0 Å². The van der Waals surface area contributed by atoms with Gasteiger partial charge >= 0.3 is 0 Å². The van der Waals surface area contributed by atoms with Crippen LogP contribution in [0.3, 0.4) is 0 Å². The molecule has 0 saturated heterocycles. The molecule has 3 rings (SSSR count). The van der Waals surface area contributed by atoms with Crippen LogP contribution in [0.4, 0.5) is 11.6 Å². The van der Waals surface area contributed by atoms with Gasteiger partial charge in [0.1, 0.15) is 5.69 Å². The summed E-state index contributed by atoms with van der Waals surface area (Å²) in [7, 11) is 0. The molecule has 0 atom stereocenters. The predicted octanol–water partition coefficient (Wildman–Crippen LogP) is 4.42. The van der Waals surface area contributed by atoms with Gasteiger partial charge in [-0.3, -0.25) is 4.79 Å². The Morgan fingerprint density at radius 3 is 2.50 bits per heavy atom. The molecule has 0 bridgehead atoms. The van der Waals surface area contributed by atoms with Crippen LogP contribution in [0.15, 0.2) is 54.7 Å². The van der Waals surface area contributed by atoms with E-state index in [-0.39, 0.29) is 5.91 Å². The number of para-hydroxylation sites is 1. The number of aromatic nitrogens is 2. The third-order valence-corrected chi connectivity index (χ3v) is 4.37. The highest BCUT2D eigenvalue weighted by molar-refractivity contribution is 6.31. The minimum atomic E-state index is -0.281. The minimum absolute atomic E-state index is 0.281. The molecule has 2 N–H and O–H groups in total. The highest BCUT2D eigenvalue weighted by Gasteiger charge is 2.11. The molecular formula is C20H19ClN4O. The van der Waals surface area contributed by atoms with Crippen molar-refractivity contribution in [1.29, 1.82) is 0 Å². The van der Waals surface area contributed by atoms with Crippen molar-refractivity contribution in [2.24, 2.45) is 0 Å². The maximum Gasteiger partial charge on any atom is 0.270 e. The number of halogens is 1. The number of carbonyl (C=O) groups excluding carboxylic acids is 1. The van der Waals surface area contributed by atoms with Gasteiger partial charge < -0.3 is 10.6 Å². The number of rotatable bonds is 5. The topological polar surface area (TPSA) is 66.9 Å². The maximum atomic E-state index is 12.4. The molecule has 1 amide bonds. The molecule has 0 radical (unpaired) electrons. The molecule has 132 valence electrons. The molecule has 26 heavy (non-hydrogen) atoms. The molecule has 0 aliphatic heterocycles. The summed E-state index contributed by atoms with van der Waals surface area (Å²) in [4.78, 5) is 20.9. The van der Waals surface area contributed by atoms with E-state index in [4.69, 9.17) is 11.6 Å². The first-order valence-electron chi connectivity index (χ1n) is 8.22. The van der Waals surface area contributed by atoms with Crippen LogP contribution in [0.25, 0.3) is 0 Å². The van der Waals surface area contributed by atoms with Crippen LogP contribution in [-0.2, 0) is 6.54 Å². The summed E-state index contributed by atoms with van der Waals surface area (Å²) < 4.78 is 0. The van der Waals surface area contributed by atoms with Crippen molar-refractivity contribution in [1.82, 2.24) is 15.3 Å². The fourth-order valence-electron chi connectivity index (χ4n) is 2.58. The number of hydrogen-bond donors (Lipinski definition) is 2. The zero-order valence-corrected chi connectivity index (χ0v) is 15.3. The Hall–Kier alpha value is -2.92. The maximum absolute atomic E-state index is 12.4. The molecule has 2 aromatic carbocycles. The first-order valence-corrected chi connectivity index (χ1v) is 8.60. The lowest BCUT2D eigenvalue weighted by Gasteiger charge is -2.12. The Kier molecular flexibility index (Phi) is 5.49. The molecule has 0 spiro atoms. The lowest BCUT2D eigenvalue weighted by Crippen LogP contribution is -2.24. The predicted molar refractivity (Wildman–Crippen MR) is 104 cm³/mol. The van der Waals surface area contributed by atoms with Crippen LogP contribution in [0.2, 0.25) is 5.02 Å². The number of benzene rings is 2. The van der Waals surface area contributed by atoms with Crippen LogP contribution in [0.5, 0.6) is 0 Å². The third kappa shape index (κ3) is 4.18. The zero-order chi connectivity index (χ0) is 18.5. The Labute approximate surface area is 157 Å². The number of amides is 1. The van der Waals surface area contributed by atoms with E-state index in [1.54, 1.807) is 18.3 Å². The molecule has 0 fully saturated rings. The molecule has 0 aliphatic rings. The van der Waals surface area contributed by atoms with Crippen molar-refractivity contribution in [3.05, 3.63) is 82.1 Å². The van der Waals surface area contributed by atoms with E-state index >= 15 is 0 Å². The number of nitrogens with zero attached hydrogens (tertiary/aromatic N) is 2. The largest absolute Gasteiger partial charge is 0.347 e. The molecule has 1 heterocycles. The number of carbonyl (C=O) groups is 1. The van der Waals surface area contributed by atoms with Crippen molar-refractivity contribution in [2.45, 2.75) is 20.4 Å². The lowest BCUT2D eigenvalue weighted by atomic mass is 10.1. The fourth-order valence-corrected chi connectivity index (χ4v) is 2.78. The first-order chi connectivity index (χ1) is 12.5. The van der Waals surface area contributed by atoms with Crippen LogP contribution >= 0.6 is 11.6 Å². The average Bonchev–Trinajstić information content (AvgIpc) is 2.64. The van der Waals surface area contributed by atoms with Gasteiger partial charge in [-0.05, 0) is 42.7 Å². The zero-order valence-electron chi connectivity index (χ0n) is 14.6. The quantitative estimate of drug-likeness (QED) is 0.701. The van der Waals surface area contributed by atoms with Gasteiger partial charge in [0, 0.05) is 23.5 Å². The average molecular weight is 367 g/mol. The molecule has 0 unspecified atom stereocenters. The lowest BCUT2D eigenvalue weighted by molar-refractivity contribution is 0.0946. The van der Waals surface area contributed by atoms with Gasteiger partial charge in [0.25, 0.3) is 5.91 Å². The van der Waals surface area contributed by atoms with Crippen LogP contribution in [0, 0.1) is 13.8 Å². The highest BCUT2D eigenvalue weighted by atomic mass is 35.5. The Morgan fingerprint density at radius 1 is 1.04 bits per heavy atom. The number of hydrogen-bond acceptors (Lipinski definition) is 4. The van der Waals surface area contributed by atoms with Gasteiger partial charge in [0.05, 0.1) is 0 Å². The summed E-state index contributed by atoms with van der Waals surface area (Å²) >= 11 is 6.11.